The van der Waals surface area contributed by atoms with Crippen LogP contribution in [0.15, 0.2) is 60.7 Å². The number of fused-ring (bicyclic) bond motifs is 1. The normalized spacial score (nSPS) is 16.9. The highest BCUT2D eigenvalue weighted by atomic mass is 16.5. The van der Waals surface area contributed by atoms with Crippen molar-refractivity contribution >= 4 is 11.6 Å². The molecular weight excluding hydrogens is 442 g/mol. The molecule has 1 fully saturated rings. The van der Waals surface area contributed by atoms with Crippen LogP contribution in [-0.4, -0.2) is 47.5 Å². The number of benzene rings is 2. The second kappa shape index (κ2) is 9.07. The number of pyridine rings is 1. The number of carbonyl (C=O) groups is 1. The minimum Gasteiger partial charge on any atom is -0.466 e. The highest BCUT2D eigenvalue weighted by Crippen LogP contribution is 2.43. The van der Waals surface area contributed by atoms with E-state index in [1.807, 2.05) is 48.5 Å². The molecule has 3 aromatic rings. The zero-order chi connectivity index (χ0) is 24.6. The third-order valence-corrected chi connectivity index (χ3v) is 7.26. The second-order valence-electron chi connectivity index (χ2n) is 10.1. The summed E-state index contributed by atoms with van der Waals surface area (Å²) in [6.07, 6.45) is 3.15. The zero-order valence-corrected chi connectivity index (χ0v) is 19.9. The minimum atomic E-state index is -0.856. The predicted molar refractivity (Wildman–Crippen MR) is 135 cm³/mol. The molecule has 0 atom stereocenters. The molecule has 0 radical (unpaired) electrons. The van der Waals surface area contributed by atoms with Crippen LogP contribution >= 0.6 is 0 Å². The number of aliphatic hydroxyl groups is 2. The van der Waals surface area contributed by atoms with Gasteiger partial charge in [0.25, 0.3) is 5.91 Å². The van der Waals surface area contributed by atoms with Gasteiger partial charge in [-0.1, -0.05) is 61.5 Å². The van der Waals surface area contributed by atoms with E-state index in [1.54, 1.807) is 11.8 Å². The SMILES string of the molecule is CC(CO)(CO)CN1C(=O)COc2nc(-c3ccc(C4(N)CCC4)cc3)c(-c3ccccc3)cc21. The third kappa shape index (κ3) is 4.31. The van der Waals surface area contributed by atoms with Gasteiger partial charge in [-0.3, -0.25) is 4.79 Å². The van der Waals surface area contributed by atoms with Gasteiger partial charge >= 0.3 is 0 Å². The fourth-order valence-electron chi connectivity index (χ4n) is 4.70. The van der Waals surface area contributed by atoms with E-state index in [9.17, 15) is 15.0 Å². The Morgan fingerprint density at radius 3 is 2.34 bits per heavy atom. The monoisotopic (exact) mass is 473 g/mol. The molecule has 7 nitrogen and oxygen atoms in total. The molecule has 2 aliphatic rings. The lowest BCUT2D eigenvalue weighted by molar-refractivity contribution is -0.122. The number of carbonyl (C=O) groups excluding carboxylic acids is 1. The van der Waals surface area contributed by atoms with Crippen LogP contribution < -0.4 is 15.4 Å². The summed E-state index contributed by atoms with van der Waals surface area (Å²) in [5.74, 6) is 0.119. The van der Waals surface area contributed by atoms with E-state index in [4.69, 9.17) is 15.5 Å². The number of nitrogens with zero attached hydrogens (tertiary/aromatic N) is 2. The van der Waals surface area contributed by atoms with Crippen molar-refractivity contribution in [3.63, 3.8) is 0 Å². The average Bonchev–Trinajstić information content (AvgIpc) is 2.89. The van der Waals surface area contributed by atoms with E-state index in [2.05, 4.69) is 12.1 Å². The highest BCUT2D eigenvalue weighted by molar-refractivity contribution is 5.99. The van der Waals surface area contributed by atoms with E-state index in [-0.39, 0.29) is 37.8 Å². The van der Waals surface area contributed by atoms with Crippen molar-refractivity contribution in [2.75, 3.05) is 31.3 Å². The van der Waals surface area contributed by atoms with Gasteiger partial charge in [0.15, 0.2) is 6.61 Å². The second-order valence-corrected chi connectivity index (χ2v) is 10.1. The van der Waals surface area contributed by atoms with Gasteiger partial charge in [0.05, 0.1) is 18.9 Å². The van der Waals surface area contributed by atoms with E-state index in [1.165, 1.54) is 0 Å². The zero-order valence-electron chi connectivity index (χ0n) is 19.9. The first-order chi connectivity index (χ1) is 16.9. The fraction of sp³-hybridized carbons (Fsp3) is 0.357. The molecule has 1 amide bonds. The van der Waals surface area contributed by atoms with Gasteiger partial charge in [0.2, 0.25) is 5.88 Å². The molecule has 4 N–H and O–H groups in total. The Bertz CT molecular complexity index is 1220. The van der Waals surface area contributed by atoms with Crippen LogP contribution in [0.2, 0.25) is 0 Å². The molecule has 1 aliphatic carbocycles. The summed E-state index contributed by atoms with van der Waals surface area (Å²) < 4.78 is 5.76. The van der Waals surface area contributed by atoms with Crippen LogP contribution in [0, 0.1) is 5.41 Å². The molecule has 1 aliphatic heterocycles. The van der Waals surface area contributed by atoms with Gasteiger partial charge in [0, 0.05) is 28.6 Å². The van der Waals surface area contributed by atoms with Crippen molar-refractivity contribution in [2.45, 2.75) is 31.7 Å². The maximum atomic E-state index is 12.8. The molecule has 2 aromatic carbocycles. The Balaban J connectivity index is 1.62. The number of anilines is 1. The number of rotatable bonds is 7. The predicted octanol–water partition coefficient (Wildman–Crippen LogP) is 3.47. The van der Waals surface area contributed by atoms with E-state index >= 15 is 0 Å². The summed E-state index contributed by atoms with van der Waals surface area (Å²) in [6, 6.07) is 20.1. The minimum absolute atomic E-state index is 0.147. The molecule has 7 heteroatoms. The van der Waals surface area contributed by atoms with Crippen LogP contribution in [0.25, 0.3) is 22.4 Å². The first-order valence-electron chi connectivity index (χ1n) is 12.0. The van der Waals surface area contributed by atoms with Gasteiger partial charge in [-0.25, -0.2) is 4.98 Å². The Morgan fingerprint density at radius 2 is 1.74 bits per heavy atom. The quantitative estimate of drug-likeness (QED) is 0.485. The Labute approximate surface area is 205 Å². The Morgan fingerprint density at radius 1 is 1.06 bits per heavy atom. The van der Waals surface area contributed by atoms with Gasteiger partial charge in [-0.05, 0) is 36.5 Å². The van der Waals surface area contributed by atoms with Crippen LogP contribution in [0.4, 0.5) is 5.69 Å². The number of hydrogen-bond donors (Lipinski definition) is 3. The van der Waals surface area contributed by atoms with Crippen molar-refractivity contribution in [1.29, 1.82) is 0 Å². The summed E-state index contributed by atoms with van der Waals surface area (Å²) in [5.41, 5.74) is 10.6. The molecule has 0 bridgehead atoms. The topological polar surface area (TPSA) is 109 Å². The summed E-state index contributed by atoms with van der Waals surface area (Å²) in [7, 11) is 0. The number of ether oxygens (including phenoxy) is 1. The van der Waals surface area contributed by atoms with E-state index < -0.39 is 5.41 Å². The van der Waals surface area contributed by atoms with Gasteiger partial charge in [0.1, 0.15) is 5.69 Å². The lowest BCUT2D eigenvalue weighted by atomic mass is 9.72. The lowest BCUT2D eigenvalue weighted by Gasteiger charge is -2.38. The molecule has 2 heterocycles. The summed E-state index contributed by atoms with van der Waals surface area (Å²) in [4.78, 5) is 19.3. The van der Waals surface area contributed by atoms with E-state index in [0.29, 0.717) is 11.6 Å². The molecule has 0 unspecified atom stereocenters. The Kier molecular flexibility index (Phi) is 6.09. The summed E-state index contributed by atoms with van der Waals surface area (Å²) >= 11 is 0. The molecule has 1 aromatic heterocycles. The fourth-order valence-corrected chi connectivity index (χ4v) is 4.70. The number of nitrogens with two attached hydrogens (primary N) is 1. The van der Waals surface area contributed by atoms with Crippen LogP contribution in [0.3, 0.4) is 0 Å². The molecule has 182 valence electrons. The largest absolute Gasteiger partial charge is 0.466 e. The summed E-state index contributed by atoms with van der Waals surface area (Å²) in [5, 5.41) is 19.6. The molecular formula is C28H31N3O4. The lowest BCUT2D eigenvalue weighted by Crippen LogP contribution is -2.47. The number of hydrogen-bond acceptors (Lipinski definition) is 6. The average molecular weight is 474 g/mol. The molecule has 35 heavy (non-hydrogen) atoms. The maximum Gasteiger partial charge on any atom is 0.265 e. The van der Waals surface area contributed by atoms with Crippen molar-refractivity contribution in [2.24, 2.45) is 11.1 Å². The maximum absolute atomic E-state index is 12.8. The van der Waals surface area contributed by atoms with E-state index in [0.717, 1.165) is 47.2 Å². The van der Waals surface area contributed by atoms with Crippen molar-refractivity contribution in [1.82, 2.24) is 4.98 Å². The van der Waals surface area contributed by atoms with Gasteiger partial charge < -0.3 is 25.6 Å². The number of amides is 1. The molecule has 1 saturated carbocycles. The Hall–Kier alpha value is -3.26. The first kappa shape index (κ1) is 23.5. The van der Waals surface area contributed by atoms with Crippen molar-refractivity contribution < 1.29 is 19.7 Å². The van der Waals surface area contributed by atoms with Crippen LogP contribution in [0.1, 0.15) is 31.7 Å². The van der Waals surface area contributed by atoms with Gasteiger partial charge in [-0.15, -0.1) is 0 Å². The number of aliphatic hydroxyl groups excluding tert-OH is 2. The molecule has 0 spiro atoms. The smallest absolute Gasteiger partial charge is 0.265 e. The van der Waals surface area contributed by atoms with Gasteiger partial charge in [-0.2, -0.15) is 0 Å². The number of aromatic nitrogens is 1. The van der Waals surface area contributed by atoms with Crippen molar-refractivity contribution in [3.05, 3.63) is 66.2 Å². The van der Waals surface area contributed by atoms with Crippen molar-refractivity contribution in [3.8, 4) is 28.3 Å². The first-order valence-corrected chi connectivity index (χ1v) is 12.0. The van der Waals surface area contributed by atoms with Crippen LogP contribution in [0.5, 0.6) is 5.88 Å². The summed E-state index contributed by atoms with van der Waals surface area (Å²) in [6.45, 7) is 1.23. The molecule has 5 rings (SSSR count). The van der Waals surface area contributed by atoms with Crippen LogP contribution in [-0.2, 0) is 10.3 Å². The highest BCUT2D eigenvalue weighted by Gasteiger charge is 2.36. The molecule has 0 saturated heterocycles. The third-order valence-electron chi connectivity index (χ3n) is 7.26. The standard InChI is InChI=1S/C28H31N3O4/c1-27(17-32,18-33)16-31-23-14-22(19-6-3-2-4-7-19)25(30-26(23)35-15-24(31)34)20-8-10-21(11-9-20)28(29)12-5-13-28/h2-4,6-11,14,32-33H,5,12-13,15-18,29H2,1H3.